The van der Waals surface area contributed by atoms with Crippen LogP contribution in [0.4, 0.5) is 0 Å². The molecule has 14 heteroatoms. The molecule has 0 radical (unpaired) electrons. The topological polar surface area (TPSA) is 175 Å². The van der Waals surface area contributed by atoms with E-state index in [1.165, 1.54) is 55.3 Å². The third-order valence-electron chi connectivity index (χ3n) is 10.5. The molecule has 0 bridgehead atoms. The number of carbonyl (C=O) groups excluding carboxylic acids is 5. The van der Waals surface area contributed by atoms with Gasteiger partial charge in [-0.25, -0.2) is 4.79 Å². The van der Waals surface area contributed by atoms with Crippen LogP contribution in [0.3, 0.4) is 0 Å². The molecule has 3 N–H and O–H groups in total. The highest BCUT2D eigenvalue weighted by atomic mass is 16.6. The predicted octanol–water partition coefficient (Wildman–Crippen LogP) is 3.99. The molecule has 3 amide bonds. The highest BCUT2D eigenvalue weighted by molar-refractivity contribution is 5.95. The van der Waals surface area contributed by atoms with E-state index in [0.717, 1.165) is 5.56 Å². The number of rotatable bonds is 20. The molecule has 0 aliphatic rings. The number of likely N-dealkylation sites (N-methyl/N-ethyl adjacent to an activating group) is 3. The number of aromatic hydroxyl groups is 2. The summed E-state index contributed by atoms with van der Waals surface area (Å²) in [6.45, 7) is 7.18. The fourth-order valence-corrected chi connectivity index (χ4v) is 6.43. The van der Waals surface area contributed by atoms with Crippen LogP contribution < -0.4 is 10.1 Å². The van der Waals surface area contributed by atoms with Gasteiger partial charge in [0.2, 0.25) is 11.8 Å². The van der Waals surface area contributed by atoms with Gasteiger partial charge < -0.3 is 39.5 Å². The largest absolute Gasteiger partial charge is 0.508 e. The molecule has 0 saturated heterocycles. The van der Waals surface area contributed by atoms with E-state index in [9.17, 15) is 34.2 Å². The molecular formula is C44H60N4O10. The molecule has 0 spiro atoms. The molecule has 0 heterocycles. The molecule has 0 saturated carbocycles. The van der Waals surface area contributed by atoms with Crippen molar-refractivity contribution in [3.8, 4) is 17.2 Å². The highest BCUT2D eigenvalue weighted by Gasteiger charge is 2.40. The van der Waals surface area contributed by atoms with Crippen LogP contribution in [0.25, 0.3) is 0 Å². The van der Waals surface area contributed by atoms with Gasteiger partial charge in [0, 0.05) is 32.9 Å². The van der Waals surface area contributed by atoms with Crippen molar-refractivity contribution in [1.82, 2.24) is 20.0 Å². The minimum atomic E-state index is -1.23. The summed E-state index contributed by atoms with van der Waals surface area (Å²) in [6.07, 6.45) is -0.341. The zero-order valence-electron chi connectivity index (χ0n) is 35.3. The van der Waals surface area contributed by atoms with Crippen LogP contribution in [-0.2, 0) is 52.7 Å². The van der Waals surface area contributed by atoms with Gasteiger partial charge in [0.1, 0.15) is 41.4 Å². The number of ether oxygens (including phenoxy) is 3. The molecular weight excluding hydrogens is 745 g/mol. The van der Waals surface area contributed by atoms with Gasteiger partial charge in [-0.15, -0.1) is 0 Å². The van der Waals surface area contributed by atoms with Crippen molar-refractivity contribution in [3.63, 3.8) is 0 Å². The minimum absolute atomic E-state index is 0.00475. The van der Waals surface area contributed by atoms with Gasteiger partial charge in [0.25, 0.3) is 5.91 Å². The van der Waals surface area contributed by atoms with E-state index < -0.39 is 71.8 Å². The van der Waals surface area contributed by atoms with Crippen molar-refractivity contribution in [2.24, 2.45) is 11.8 Å². The van der Waals surface area contributed by atoms with Crippen LogP contribution in [0.5, 0.6) is 17.2 Å². The van der Waals surface area contributed by atoms with Gasteiger partial charge in [-0.05, 0) is 85.9 Å². The smallest absolute Gasteiger partial charge is 0.328 e. The van der Waals surface area contributed by atoms with Gasteiger partial charge in [-0.1, -0.05) is 64.1 Å². The Morgan fingerprint density at radius 2 is 1.09 bits per heavy atom. The molecule has 316 valence electrons. The van der Waals surface area contributed by atoms with Gasteiger partial charge >= 0.3 is 11.9 Å². The summed E-state index contributed by atoms with van der Waals surface area (Å²) in [7, 11) is 9.21. The lowest BCUT2D eigenvalue weighted by Gasteiger charge is -2.36. The molecule has 3 aromatic carbocycles. The summed E-state index contributed by atoms with van der Waals surface area (Å²) in [5, 5.41) is 22.6. The summed E-state index contributed by atoms with van der Waals surface area (Å²) >= 11 is 0. The molecule has 3 aromatic rings. The maximum absolute atomic E-state index is 14.5. The lowest BCUT2D eigenvalue weighted by atomic mass is 9.96. The maximum Gasteiger partial charge on any atom is 0.328 e. The first-order valence-corrected chi connectivity index (χ1v) is 19.4. The Labute approximate surface area is 342 Å². The minimum Gasteiger partial charge on any atom is -0.508 e. The number of benzene rings is 3. The van der Waals surface area contributed by atoms with Gasteiger partial charge in [0.15, 0.2) is 6.10 Å². The highest BCUT2D eigenvalue weighted by Crippen LogP contribution is 2.22. The zero-order chi connectivity index (χ0) is 43.3. The number of hydrogen-bond acceptors (Lipinski definition) is 11. The molecule has 0 aromatic heterocycles. The van der Waals surface area contributed by atoms with Crippen molar-refractivity contribution < 1.29 is 48.4 Å². The molecule has 6 atom stereocenters. The molecule has 14 nitrogen and oxygen atoms in total. The molecule has 0 aliphatic carbocycles. The molecule has 3 rings (SSSR count). The SMILES string of the molecule is CC[C@H](C)C(OC(=O)[C@H](Cc1ccc(OC)cc1)N(C)C)C(=O)N[C@H](C(=O)N(C)[C@H](Cc1ccc(O)cc1)C(=O)N(C)[C@H](Cc1ccc(O)cc1)C(=O)OC)C(C)C. The monoisotopic (exact) mass is 804 g/mol. The molecule has 1 unspecified atom stereocenters. The van der Waals surface area contributed by atoms with Gasteiger partial charge in [0.05, 0.1) is 14.2 Å². The van der Waals surface area contributed by atoms with Crippen molar-refractivity contribution >= 4 is 29.7 Å². The summed E-state index contributed by atoms with van der Waals surface area (Å²) < 4.78 is 16.3. The van der Waals surface area contributed by atoms with E-state index >= 15 is 0 Å². The van der Waals surface area contributed by atoms with Crippen LogP contribution in [0, 0.1) is 11.8 Å². The summed E-state index contributed by atoms with van der Waals surface area (Å²) in [5.41, 5.74) is 2.15. The third kappa shape index (κ3) is 12.7. The summed E-state index contributed by atoms with van der Waals surface area (Å²) in [5.74, 6) is -3.22. The van der Waals surface area contributed by atoms with Crippen LogP contribution in [0.15, 0.2) is 72.8 Å². The van der Waals surface area contributed by atoms with Gasteiger partial charge in [-0.2, -0.15) is 0 Å². The average Bonchev–Trinajstić information content (AvgIpc) is 3.21. The number of nitrogens with one attached hydrogen (secondary N) is 1. The van der Waals surface area contributed by atoms with E-state index in [1.54, 1.807) is 83.3 Å². The van der Waals surface area contributed by atoms with Gasteiger partial charge in [-0.3, -0.25) is 24.1 Å². The quantitative estimate of drug-likeness (QED) is 0.141. The number of methoxy groups -OCH3 is 2. The first-order chi connectivity index (χ1) is 27.4. The molecule has 58 heavy (non-hydrogen) atoms. The first kappa shape index (κ1) is 46.8. The maximum atomic E-state index is 14.5. The Morgan fingerprint density at radius 1 is 0.638 bits per heavy atom. The lowest BCUT2D eigenvalue weighted by molar-refractivity contribution is -0.164. The second kappa shape index (κ2) is 21.8. The number of carbonyl (C=O) groups is 5. The fourth-order valence-electron chi connectivity index (χ4n) is 6.43. The zero-order valence-corrected chi connectivity index (χ0v) is 35.3. The Hall–Kier alpha value is -5.63. The first-order valence-electron chi connectivity index (χ1n) is 19.4. The number of phenols is 2. The van der Waals surface area contributed by atoms with Crippen molar-refractivity contribution in [2.75, 3.05) is 42.4 Å². The number of amides is 3. The Bertz CT molecular complexity index is 1820. The number of hydrogen-bond donors (Lipinski definition) is 3. The second-order valence-corrected chi connectivity index (χ2v) is 15.2. The molecule has 0 fully saturated rings. The van der Waals surface area contributed by atoms with Crippen LogP contribution in [0.1, 0.15) is 50.8 Å². The van der Waals surface area contributed by atoms with E-state index in [0.29, 0.717) is 29.7 Å². The Balaban J connectivity index is 1.92. The molecule has 0 aliphatic heterocycles. The Morgan fingerprint density at radius 3 is 1.52 bits per heavy atom. The van der Waals surface area contributed by atoms with Crippen molar-refractivity contribution in [3.05, 3.63) is 89.5 Å². The van der Waals surface area contributed by atoms with E-state index in [-0.39, 0.29) is 24.3 Å². The standard InChI is InChI=1S/C44H60N4O10/c1-11-28(4)39(58-44(55)36(46(5)6)25-31-16-22-34(56-9)23-17-31)40(51)45-38(27(2)3)42(53)47(7)35(24-29-12-18-32(49)19-13-29)41(52)48(8)37(43(54)57-10)26-30-14-20-33(50)21-15-30/h12-23,27-28,35-39,49-50H,11,24-26H2,1-10H3,(H,45,51)/t28-,35+,36-,37+,38-,39?/m0/s1. The summed E-state index contributed by atoms with van der Waals surface area (Å²) in [6, 6.07) is 15.6. The van der Waals surface area contributed by atoms with E-state index in [2.05, 4.69) is 5.32 Å². The van der Waals surface area contributed by atoms with E-state index in [1.807, 2.05) is 19.1 Å². The average molecular weight is 805 g/mol. The van der Waals surface area contributed by atoms with Crippen LogP contribution in [0.2, 0.25) is 0 Å². The second-order valence-electron chi connectivity index (χ2n) is 15.2. The number of nitrogens with zero attached hydrogens (tertiary/aromatic N) is 3. The lowest BCUT2D eigenvalue weighted by Crippen LogP contribution is -2.59. The summed E-state index contributed by atoms with van der Waals surface area (Å²) in [4.78, 5) is 74.2. The van der Waals surface area contributed by atoms with Crippen molar-refractivity contribution in [1.29, 1.82) is 0 Å². The number of phenolic OH excluding ortho intramolecular Hbond substituents is 2. The van der Waals surface area contributed by atoms with E-state index in [4.69, 9.17) is 14.2 Å². The third-order valence-corrected chi connectivity index (χ3v) is 10.5. The normalized spacial score (nSPS) is 14.3. The van der Waals surface area contributed by atoms with Crippen molar-refractivity contribution in [2.45, 2.75) is 83.6 Å². The predicted molar refractivity (Wildman–Crippen MR) is 219 cm³/mol. The number of esters is 2. The van der Waals surface area contributed by atoms with Crippen LogP contribution in [-0.4, -0.2) is 127 Å². The Kier molecular flexibility index (Phi) is 17.5. The fraction of sp³-hybridized carbons (Fsp3) is 0.477. The van der Waals surface area contributed by atoms with Crippen LogP contribution >= 0.6 is 0 Å².